The molecular weight excluding hydrogens is 478 g/mol. The van der Waals surface area contributed by atoms with Crippen molar-refractivity contribution in [2.45, 2.75) is 24.5 Å². The highest BCUT2D eigenvalue weighted by Crippen LogP contribution is 2.54. The molecule has 0 aromatic heterocycles. The Labute approximate surface area is 207 Å². The number of hydrogen-bond donors (Lipinski definition) is 5. The molecule has 0 bridgehead atoms. The van der Waals surface area contributed by atoms with E-state index in [4.69, 9.17) is 11.6 Å². The quantitative estimate of drug-likeness (QED) is 0.378. The first-order valence-corrected chi connectivity index (χ1v) is 11.4. The summed E-state index contributed by atoms with van der Waals surface area (Å²) in [4.78, 5) is 42.9. The second-order valence-corrected chi connectivity index (χ2v) is 10.1. The third-order valence-electron chi connectivity index (χ3n) is 7.34. The first-order chi connectivity index (χ1) is 16.3. The third kappa shape index (κ3) is 3.27. The second-order valence-electron chi connectivity index (χ2n) is 9.65. The van der Waals surface area contributed by atoms with Gasteiger partial charge >= 0.3 is 0 Å². The number of nitrogens with one attached hydrogen (secondary N) is 1. The number of anilines is 1. The Hall–Kier alpha value is -3.08. The first-order valence-electron chi connectivity index (χ1n) is 11.1. The summed E-state index contributed by atoms with van der Waals surface area (Å²) in [7, 11) is 7.97. The van der Waals surface area contributed by atoms with Crippen LogP contribution in [0.5, 0.6) is 5.75 Å². The van der Waals surface area contributed by atoms with E-state index >= 15 is 0 Å². The number of phenolic OH excluding ortho intramolecular Hbond substituents is 1. The lowest BCUT2D eigenvalue weighted by atomic mass is 9.57. The highest BCUT2D eigenvalue weighted by molar-refractivity contribution is 6.33. The predicted octanol–water partition coefficient (Wildman–Crippen LogP) is 0.944. The number of fused-ring (bicyclic) bond motifs is 3. The van der Waals surface area contributed by atoms with Crippen molar-refractivity contribution in [2.24, 2.45) is 11.8 Å². The van der Waals surface area contributed by atoms with Gasteiger partial charge in [-0.05, 0) is 44.5 Å². The van der Waals surface area contributed by atoms with Crippen LogP contribution in [0.1, 0.15) is 17.5 Å². The number of hydrogen-bond acceptors (Lipinski definition) is 9. The summed E-state index contributed by atoms with van der Waals surface area (Å²) >= 11 is 6.19. The SMILES string of the molecule is CNC(=O)C1=C(O)[C@@]2(O)C(=O)C3=C(O)c4c(O)c(Cl)cc(N(C)C)c4CC3CC2[C@H](N(C)C)C1=O. The van der Waals surface area contributed by atoms with Crippen molar-refractivity contribution in [3.8, 4) is 5.75 Å². The van der Waals surface area contributed by atoms with Crippen LogP contribution in [0.15, 0.2) is 23.0 Å². The smallest absolute Gasteiger partial charge is 0.258 e. The standard InChI is InChI=1S/C24H28ClN3O7/c1-26-23(34)16-20(31)17(28(4)5)11-7-9-6-10-13(27(2)3)8-12(25)18(29)15(10)19(30)14(9)21(32)24(11,35)22(16)33/h8-9,11,17,29-30,33,35H,6-7H2,1-5H3,(H,26,34)/t9?,11?,17-,24-/m0/s1. The second kappa shape index (κ2) is 8.25. The molecule has 0 saturated heterocycles. The number of aliphatic hydroxyl groups excluding tert-OH is 2. The lowest BCUT2D eigenvalue weighted by Crippen LogP contribution is -2.65. The number of amides is 1. The van der Waals surface area contributed by atoms with Crippen molar-refractivity contribution in [2.75, 3.05) is 40.1 Å². The minimum absolute atomic E-state index is 0.0195. The fraction of sp³-hybridized carbons (Fsp3) is 0.458. The Bertz CT molecular complexity index is 1240. The number of carbonyl (C=O) groups excluding carboxylic acids is 3. The summed E-state index contributed by atoms with van der Waals surface area (Å²) in [6.45, 7) is 0. The summed E-state index contributed by atoms with van der Waals surface area (Å²) in [5.74, 6) is -6.37. The molecule has 35 heavy (non-hydrogen) atoms. The van der Waals surface area contributed by atoms with Gasteiger partial charge in [-0.3, -0.25) is 19.3 Å². The number of aliphatic hydroxyl groups is 3. The average molecular weight is 506 g/mol. The first kappa shape index (κ1) is 25.0. The molecule has 0 spiro atoms. The van der Waals surface area contributed by atoms with Crippen molar-refractivity contribution >= 4 is 40.5 Å². The van der Waals surface area contributed by atoms with E-state index < -0.39 is 63.8 Å². The zero-order valence-electron chi connectivity index (χ0n) is 20.0. The topological polar surface area (TPSA) is 151 Å². The monoisotopic (exact) mass is 505 g/mol. The summed E-state index contributed by atoms with van der Waals surface area (Å²) in [5, 5.41) is 46.8. The van der Waals surface area contributed by atoms with Crippen LogP contribution in [-0.4, -0.2) is 89.7 Å². The lowest BCUT2D eigenvalue weighted by molar-refractivity contribution is -0.153. The molecule has 1 amide bonds. The van der Waals surface area contributed by atoms with Gasteiger partial charge in [-0.2, -0.15) is 0 Å². The van der Waals surface area contributed by atoms with Crippen molar-refractivity contribution < 1.29 is 34.8 Å². The molecule has 3 aliphatic carbocycles. The van der Waals surface area contributed by atoms with E-state index in [0.717, 1.165) is 0 Å². The number of ketones is 2. The molecule has 0 radical (unpaired) electrons. The molecule has 5 N–H and O–H groups in total. The van der Waals surface area contributed by atoms with Gasteiger partial charge in [0.1, 0.15) is 22.8 Å². The Morgan fingerprint density at radius 1 is 1.17 bits per heavy atom. The molecule has 4 rings (SSSR count). The number of Topliss-reactive ketones (excluding diaryl/α,β-unsaturated/α-hetero) is 2. The van der Waals surface area contributed by atoms with Gasteiger partial charge in [-0.15, -0.1) is 0 Å². The van der Waals surface area contributed by atoms with Crippen LogP contribution in [0.25, 0.3) is 5.76 Å². The number of carbonyl (C=O) groups is 3. The molecule has 11 heteroatoms. The fourth-order valence-corrected chi connectivity index (χ4v) is 5.96. The van der Waals surface area contributed by atoms with Crippen LogP contribution in [0.4, 0.5) is 5.69 Å². The number of halogens is 1. The van der Waals surface area contributed by atoms with Crippen molar-refractivity contribution in [1.82, 2.24) is 10.2 Å². The highest BCUT2D eigenvalue weighted by Gasteiger charge is 2.64. The van der Waals surface area contributed by atoms with Crippen molar-refractivity contribution in [3.63, 3.8) is 0 Å². The van der Waals surface area contributed by atoms with Crippen LogP contribution in [0.2, 0.25) is 5.02 Å². The highest BCUT2D eigenvalue weighted by atomic mass is 35.5. The minimum Gasteiger partial charge on any atom is -0.508 e. The third-order valence-corrected chi connectivity index (χ3v) is 7.63. The molecule has 1 saturated carbocycles. The van der Waals surface area contributed by atoms with Crippen LogP contribution >= 0.6 is 11.6 Å². The van der Waals surface area contributed by atoms with Crippen LogP contribution in [-0.2, 0) is 20.8 Å². The predicted molar refractivity (Wildman–Crippen MR) is 128 cm³/mol. The molecule has 188 valence electrons. The van der Waals surface area contributed by atoms with Gasteiger partial charge in [0.2, 0.25) is 5.78 Å². The van der Waals surface area contributed by atoms with Crippen LogP contribution < -0.4 is 10.2 Å². The summed E-state index contributed by atoms with van der Waals surface area (Å²) in [6, 6.07) is 0.482. The Morgan fingerprint density at radius 2 is 1.80 bits per heavy atom. The number of rotatable bonds is 3. The molecule has 3 aliphatic rings. The number of phenols is 1. The van der Waals surface area contributed by atoms with E-state index in [9.17, 15) is 34.8 Å². The molecule has 2 unspecified atom stereocenters. The van der Waals surface area contributed by atoms with Gasteiger partial charge < -0.3 is 30.6 Å². The molecule has 0 heterocycles. The summed E-state index contributed by atoms with van der Waals surface area (Å²) in [5.41, 5.74) is -2.33. The fourth-order valence-electron chi connectivity index (χ4n) is 5.77. The largest absolute Gasteiger partial charge is 0.508 e. The average Bonchev–Trinajstić information content (AvgIpc) is 2.77. The van der Waals surface area contributed by atoms with Gasteiger partial charge in [0.15, 0.2) is 11.4 Å². The van der Waals surface area contributed by atoms with Gasteiger partial charge in [0, 0.05) is 38.3 Å². The van der Waals surface area contributed by atoms with Gasteiger partial charge in [-0.25, -0.2) is 0 Å². The number of likely N-dealkylation sites (N-methyl/N-ethyl adjacent to an activating group) is 2. The Kier molecular flexibility index (Phi) is 5.90. The van der Waals surface area contributed by atoms with E-state index in [-0.39, 0.29) is 29.0 Å². The number of benzene rings is 1. The molecule has 0 aliphatic heterocycles. The van der Waals surface area contributed by atoms with Crippen LogP contribution in [0.3, 0.4) is 0 Å². The maximum atomic E-state index is 13.8. The van der Waals surface area contributed by atoms with E-state index in [1.165, 1.54) is 11.9 Å². The van der Waals surface area contributed by atoms with E-state index in [0.29, 0.717) is 11.3 Å². The Balaban J connectivity index is 2.01. The van der Waals surface area contributed by atoms with Gasteiger partial charge in [-0.1, -0.05) is 11.6 Å². The molecular formula is C24H28ClN3O7. The molecule has 10 nitrogen and oxygen atoms in total. The number of aromatic hydroxyl groups is 1. The van der Waals surface area contributed by atoms with Gasteiger partial charge in [0.25, 0.3) is 5.91 Å². The maximum absolute atomic E-state index is 13.8. The van der Waals surface area contributed by atoms with Crippen molar-refractivity contribution in [3.05, 3.63) is 39.1 Å². The summed E-state index contributed by atoms with van der Waals surface area (Å²) < 4.78 is 0. The normalized spacial score (nSPS) is 28.1. The molecule has 1 aromatic carbocycles. The zero-order chi connectivity index (χ0) is 26.1. The number of nitrogens with zero attached hydrogens (tertiary/aromatic N) is 2. The van der Waals surface area contributed by atoms with E-state index in [1.807, 2.05) is 0 Å². The van der Waals surface area contributed by atoms with Gasteiger partial charge in [0.05, 0.1) is 16.6 Å². The molecule has 1 aromatic rings. The van der Waals surface area contributed by atoms with Crippen LogP contribution in [0, 0.1) is 11.8 Å². The Morgan fingerprint density at radius 3 is 2.34 bits per heavy atom. The van der Waals surface area contributed by atoms with E-state index in [1.54, 1.807) is 39.2 Å². The van der Waals surface area contributed by atoms with Crippen molar-refractivity contribution in [1.29, 1.82) is 0 Å². The molecule has 1 fully saturated rings. The lowest BCUT2D eigenvalue weighted by Gasteiger charge is -2.50. The summed E-state index contributed by atoms with van der Waals surface area (Å²) in [6.07, 6.45) is 0.267. The maximum Gasteiger partial charge on any atom is 0.258 e. The minimum atomic E-state index is -2.62. The zero-order valence-corrected chi connectivity index (χ0v) is 20.8. The molecule has 4 atom stereocenters. The van der Waals surface area contributed by atoms with E-state index in [2.05, 4.69) is 5.32 Å².